The van der Waals surface area contributed by atoms with Gasteiger partial charge in [-0.2, -0.15) is 0 Å². The van der Waals surface area contributed by atoms with Gasteiger partial charge in [0.05, 0.1) is 23.4 Å². The van der Waals surface area contributed by atoms with Crippen LogP contribution >= 0.6 is 0 Å². The molecule has 0 bridgehead atoms. The molecule has 2 atom stereocenters. The number of rotatable bonds is 11. The highest BCUT2D eigenvalue weighted by Crippen LogP contribution is 2.37. The molecule has 0 fully saturated rings. The molecule has 156 valence electrons. The second-order valence-corrected chi connectivity index (χ2v) is 15.5. The number of methoxy groups -OCH3 is 1. The zero-order valence-corrected chi connectivity index (χ0v) is 19.6. The van der Waals surface area contributed by atoms with Crippen LogP contribution in [0.3, 0.4) is 0 Å². The Labute approximate surface area is 166 Å². The molecule has 0 aliphatic heterocycles. The quantitative estimate of drug-likeness (QED) is 0.393. The van der Waals surface area contributed by atoms with Crippen molar-refractivity contribution in [1.82, 2.24) is 0 Å². The van der Waals surface area contributed by atoms with Crippen molar-refractivity contribution in [3.63, 3.8) is 0 Å². The molecular weight excluding hydrogens is 380 g/mol. The second-order valence-electron chi connectivity index (χ2n) is 8.58. The van der Waals surface area contributed by atoms with Gasteiger partial charge in [0, 0.05) is 7.11 Å². The Morgan fingerprint density at radius 2 is 1.70 bits per heavy atom. The number of sulfone groups is 1. The Morgan fingerprint density at radius 1 is 1.11 bits per heavy atom. The molecule has 0 N–H and O–H groups in total. The van der Waals surface area contributed by atoms with Crippen molar-refractivity contribution < 1.29 is 22.3 Å². The highest BCUT2D eigenvalue weighted by atomic mass is 32.2. The third-order valence-corrected chi connectivity index (χ3v) is 11.7. The Kier molecular flexibility index (Phi) is 9.15. The van der Waals surface area contributed by atoms with Gasteiger partial charge in [-0.1, -0.05) is 45.9 Å². The summed E-state index contributed by atoms with van der Waals surface area (Å²) >= 11 is 0. The largest absolute Gasteiger partial charge is 0.414 e. The minimum Gasteiger partial charge on any atom is -0.414 e. The van der Waals surface area contributed by atoms with E-state index < -0.39 is 18.2 Å². The normalized spacial score (nSPS) is 15.5. The lowest BCUT2D eigenvalue weighted by molar-refractivity contribution is -0.103. The van der Waals surface area contributed by atoms with Gasteiger partial charge in [-0.05, 0) is 42.6 Å². The minimum absolute atomic E-state index is 0.0309. The summed E-state index contributed by atoms with van der Waals surface area (Å²) in [6, 6.07) is 8.58. The monoisotopic (exact) mass is 416 g/mol. The zero-order chi connectivity index (χ0) is 20.7. The fourth-order valence-electron chi connectivity index (χ4n) is 2.31. The number of hydrogen-bond acceptors (Lipinski definition) is 5. The molecule has 0 saturated heterocycles. The van der Waals surface area contributed by atoms with E-state index in [2.05, 4.69) is 33.9 Å². The Balaban J connectivity index is 2.73. The van der Waals surface area contributed by atoms with Crippen molar-refractivity contribution in [2.45, 2.75) is 63.2 Å². The fraction of sp³-hybridized carbons (Fsp3) is 0.700. The first-order chi connectivity index (χ1) is 12.4. The molecule has 5 nitrogen and oxygen atoms in total. The van der Waals surface area contributed by atoms with Crippen molar-refractivity contribution in [1.29, 1.82) is 0 Å². The number of ether oxygens (including phenoxy) is 2. The minimum atomic E-state index is -3.29. The SMILES string of the molecule is COCO[C@H](CO[Si](C)(C)C(C)(C)C)[C@@H](C)CCS(=O)(=O)c1ccccc1. The van der Waals surface area contributed by atoms with Crippen LogP contribution in [0, 0.1) is 5.92 Å². The van der Waals surface area contributed by atoms with E-state index in [1.54, 1.807) is 31.4 Å². The smallest absolute Gasteiger partial charge is 0.192 e. The van der Waals surface area contributed by atoms with Crippen LogP contribution in [0.4, 0.5) is 0 Å². The van der Waals surface area contributed by atoms with E-state index in [0.29, 0.717) is 17.9 Å². The van der Waals surface area contributed by atoms with E-state index in [1.807, 2.05) is 13.0 Å². The summed E-state index contributed by atoms with van der Waals surface area (Å²) in [5, 5.41) is 0.110. The topological polar surface area (TPSA) is 61.8 Å². The van der Waals surface area contributed by atoms with Gasteiger partial charge in [0.25, 0.3) is 0 Å². The van der Waals surface area contributed by atoms with Crippen molar-refractivity contribution in [3.05, 3.63) is 30.3 Å². The van der Waals surface area contributed by atoms with Crippen molar-refractivity contribution in [2.24, 2.45) is 5.92 Å². The molecule has 1 aromatic rings. The maximum absolute atomic E-state index is 12.5. The lowest BCUT2D eigenvalue weighted by atomic mass is 10.0. The van der Waals surface area contributed by atoms with Crippen molar-refractivity contribution in [2.75, 3.05) is 26.3 Å². The van der Waals surface area contributed by atoms with E-state index in [4.69, 9.17) is 13.9 Å². The molecule has 7 heteroatoms. The lowest BCUT2D eigenvalue weighted by Gasteiger charge is -2.38. The number of benzene rings is 1. The van der Waals surface area contributed by atoms with Crippen LogP contribution < -0.4 is 0 Å². The molecule has 0 heterocycles. The molecule has 1 aromatic carbocycles. The third-order valence-electron chi connectivity index (χ3n) is 5.39. The zero-order valence-electron chi connectivity index (χ0n) is 17.8. The van der Waals surface area contributed by atoms with E-state index in [9.17, 15) is 8.42 Å². The van der Waals surface area contributed by atoms with Gasteiger partial charge in [0.2, 0.25) is 0 Å². The van der Waals surface area contributed by atoms with Crippen LogP contribution in [0.15, 0.2) is 35.2 Å². The maximum atomic E-state index is 12.5. The molecule has 0 saturated carbocycles. The molecule has 0 amide bonds. The summed E-state index contributed by atoms with van der Waals surface area (Å²) in [6.07, 6.45) is 0.303. The predicted molar refractivity (Wildman–Crippen MR) is 112 cm³/mol. The number of hydrogen-bond donors (Lipinski definition) is 0. The first-order valence-electron chi connectivity index (χ1n) is 9.43. The van der Waals surface area contributed by atoms with Gasteiger partial charge in [-0.3, -0.25) is 0 Å². The first kappa shape index (κ1) is 24.3. The average Bonchev–Trinajstić information content (AvgIpc) is 2.59. The van der Waals surface area contributed by atoms with E-state index in [0.717, 1.165) is 0 Å². The first-order valence-corrected chi connectivity index (χ1v) is 14.0. The van der Waals surface area contributed by atoms with E-state index >= 15 is 0 Å². The summed E-state index contributed by atoms with van der Waals surface area (Å²) in [5.41, 5.74) is 0. The van der Waals surface area contributed by atoms with Crippen molar-refractivity contribution >= 4 is 18.2 Å². The standard InChI is InChI=1S/C20H36O5SSi/c1-17(13-14-26(21,22)18-11-9-8-10-12-18)19(24-16-23-5)15-25-27(6,7)20(2,3)4/h8-12,17,19H,13-16H2,1-7H3/t17-,19+/m0/s1. The fourth-order valence-corrected chi connectivity index (χ4v) is 4.82. The van der Waals surface area contributed by atoms with Crippen molar-refractivity contribution in [3.8, 4) is 0 Å². The summed E-state index contributed by atoms with van der Waals surface area (Å²) in [6.45, 7) is 13.6. The van der Waals surface area contributed by atoms with Crippen LogP contribution in [-0.4, -0.2) is 49.1 Å². The molecule has 0 unspecified atom stereocenters. The van der Waals surface area contributed by atoms with Gasteiger partial charge in [0.1, 0.15) is 6.79 Å². The van der Waals surface area contributed by atoms with Gasteiger partial charge in [-0.15, -0.1) is 0 Å². The van der Waals surface area contributed by atoms with E-state index in [-0.39, 0.29) is 29.6 Å². The maximum Gasteiger partial charge on any atom is 0.192 e. The summed E-state index contributed by atoms with van der Waals surface area (Å²) in [7, 11) is -3.62. The van der Waals surface area contributed by atoms with Crippen LogP contribution in [0.1, 0.15) is 34.1 Å². The Hall–Kier alpha value is -0.733. The molecule has 0 aliphatic carbocycles. The highest BCUT2D eigenvalue weighted by molar-refractivity contribution is 7.91. The molecule has 27 heavy (non-hydrogen) atoms. The molecule has 1 rings (SSSR count). The van der Waals surface area contributed by atoms with Crippen LogP contribution in [0.5, 0.6) is 0 Å². The van der Waals surface area contributed by atoms with Crippen LogP contribution in [0.25, 0.3) is 0 Å². The van der Waals surface area contributed by atoms with Gasteiger partial charge in [-0.25, -0.2) is 8.42 Å². The van der Waals surface area contributed by atoms with Crippen LogP contribution in [-0.2, 0) is 23.7 Å². The second kappa shape index (κ2) is 10.2. The molecular formula is C20H36O5SSi. The Morgan fingerprint density at radius 3 is 2.22 bits per heavy atom. The Bertz CT molecular complexity index is 653. The van der Waals surface area contributed by atoms with E-state index in [1.165, 1.54) is 0 Å². The van der Waals surface area contributed by atoms with Crippen LogP contribution in [0.2, 0.25) is 18.1 Å². The van der Waals surface area contributed by atoms with Gasteiger partial charge in [0.15, 0.2) is 18.2 Å². The summed E-state index contributed by atoms with van der Waals surface area (Å²) < 4.78 is 42.2. The molecule has 0 aromatic heterocycles. The highest BCUT2D eigenvalue weighted by Gasteiger charge is 2.38. The average molecular weight is 417 g/mol. The predicted octanol–water partition coefficient (Wildman–Crippen LogP) is 4.50. The molecule has 0 spiro atoms. The van der Waals surface area contributed by atoms with Gasteiger partial charge >= 0.3 is 0 Å². The molecule has 0 radical (unpaired) electrons. The molecule has 0 aliphatic rings. The summed E-state index contributed by atoms with van der Waals surface area (Å²) in [4.78, 5) is 0.365. The summed E-state index contributed by atoms with van der Waals surface area (Å²) in [5.74, 6) is 0.119. The lowest BCUT2D eigenvalue weighted by Crippen LogP contribution is -2.44. The third kappa shape index (κ3) is 7.66. The van der Waals surface area contributed by atoms with Gasteiger partial charge < -0.3 is 13.9 Å².